The van der Waals surface area contributed by atoms with Crippen molar-refractivity contribution in [2.24, 2.45) is 7.05 Å². The number of fused-ring (bicyclic) bond motifs is 2. The number of carbonyl (C=O) groups excluding carboxylic acids is 1. The maximum Gasteiger partial charge on any atom is 0.433 e. The summed E-state index contributed by atoms with van der Waals surface area (Å²) in [4.78, 5) is 42.2. The van der Waals surface area contributed by atoms with Gasteiger partial charge in [0.1, 0.15) is 11.3 Å². The van der Waals surface area contributed by atoms with Crippen molar-refractivity contribution >= 4 is 27.7 Å². The molecule has 3 aromatic heterocycles. The third-order valence-electron chi connectivity index (χ3n) is 5.33. The maximum absolute atomic E-state index is 13.1. The Labute approximate surface area is 183 Å². The highest BCUT2D eigenvalue weighted by molar-refractivity contribution is 6.08. The first kappa shape index (κ1) is 22.0. The number of Topliss-reactive ketones (excluding diaryl/α,β-unsaturated/α-hetero) is 1. The van der Waals surface area contributed by atoms with Gasteiger partial charge in [-0.25, -0.2) is 9.78 Å². The molecule has 4 rings (SSSR count). The Hall–Kier alpha value is -4.20. The molecule has 0 aliphatic rings. The number of pyridine rings is 1. The molecule has 0 N–H and O–H groups in total. The standard InChI is InChI=1S/C22H16F3N5O3/c1-28-19-14(7-8-18(27-19)22(23,24)25)20(32)30(21(28)33)12-17(31)15-11-29(10-4-9-26)16-6-3-2-5-13(15)16/h2-3,5-8,11H,4,10,12H2,1H3. The normalized spacial score (nSPS) is 11.7. The first-order valence-electron chi connectivity index (χ1n) is 9.79. The number of hydrogen-bond donors (Lipinski definition) is 0. The Bertz CT molecular complexity index is 1570. The lowest BCUT2D eigenvalue weighted by Gasteiger charge is -2.11. The van der Waals surface area contributed by atoms with Crippen LogP contribution in [0.25, 0.3) is 21.9 Å². The molecule has 0 spiro atoms. The van der Waals surface area contributed by atoms with Crippen LogP contribution in [0.4, 0.5) is 13.2 Å². The summed E-state index contributed by atoms with van der Waals surface area (Å²) in [5.41, 5.74) is -2.53. The summed E-state index contributed by atoms with van der Waals surface area (Å²) in [7, 11) is 1.19. The summed E-state index contributed by atoms with van der Waals surface area (Å²) in [6, 6.07) is 10.7. The molecule has 8 nitrogen and oxygen atoms in total. The first-order chi connectivity index (χ1) is 15.6. The van der Waals surface area contributed by atoms with Gasteiger partial charge in [-0.2, -0.15) is 18.4 Å². The highest BCUT2D eigenvalue weighted by atomic mass is 19.4. The van der Waals surface area contributed by atoms with E-state index in [-0.39, 0.29) is 17.4 Å². The quantitative estimate of drug-likeness (QED) is 0.431. The van der Waals surface area contributed by atoms with Gasteiger partial charge < -0.3 is 4.57 Å². The number of aromatic nitrogens is 4. The van der Waals surface area contributed by atoms with E-state index in [0.29, 0.717) is 22.6 Å². The van der Waals surface area contributed by atoms with Crippen molar-refractivity contribution in [2.45, 2.75) is 25.7 Å². The van der Waals surface area contributed by atoms with Crippen LogP contribution in [0.1, 0.15) is 22.5 Å². The molecule has 4 aromatic rings. The fourth-order valence-corrected chi connectivity index (χ4v) is 3.73. The highest BCUT2D eigenvalue weighted by Crippen LogP contribution is 2.28. The number of alkyl halides is 3. The molecule has 0 saturated carbocycles. The van der Waals surface area contributed by atoms with E-state index in [0.717, 1.165) is 16.2 Å². The molecule has 0 amide bonds. The van der Waals surface area contributed by atoms with Gasteiger partial charge in [0.05, 0.1) is 24.4 Å². The molecule has 3 heterocycles. The zero-order valence-electron chi connectivity index (χ0n) is 17.3. The van der Waals surface area contributed by atoms with Crippen LogP contribution >= 0.6 is 0 Å². The largest absolute Gasteiger partial charge is 0.433 e. The van der Waals surface area contributed by atoms with E-state index >= 15 is 0 Å². The summed E-state index contributed by atoms with van der Waals surface area (Å²) in [5.74, 6) is -0.527. The third kappa shape index (κ3) is 3.80. The molecule has 0 radical (unpaired) electrons. The number of halogens is 3. The van der Waals surface area contributed by atoms with E-state index in [2.05, 4.69) is 4.98 Å². The van der Waals surface area contributed by atoms with Gasteiger partial charge in [0, 0.05) is 36.3 Å². The maximum atomic E-state index is 13.1. The summed E-state index contributed by atoms with van der Waals surface area (Å²) in [6.07, 6.45) is -2.95. The van der Waals surface area contributed by atoms with E-state index in [4.69, 9.17) is 5.26 Å². The molecule has 0 saturated heterocycles. The summed E-state index contributed by atoms with van der Waals surface area (Å²) in [5, 5.41) is 9.26. The second-order valence-electron chi connectivity index (χ2n) is 7.38. The molecule has 11 heteroatoms. The smallest absolute Gasteiger partial charge is 0.346 e. The van der Waals surface area contributed by atoms with Crippen LogP contribution in [-0.4, -0.2) is 24.5 Å². The van der Waals surface area contributed by atoms with Crippen molar-refractivity contribution in [1.82, 2.24) is 18.7 Å². The molecular weight excluding hydrogens is 439 g/mol. The number of para-hydroxylation sites is 1. The molecule has 0 fully saturated rings. The van der Waals surface area contributed by atoms with E-state index in [1.54, 1.807) is 35.0 Å². The molecule has 0 aliphatic heterocycles. The van der Waals surface area contributed by atoms with Crippen LogP contribution in [0.5, 0.6) is 0 Å². The summed E-state index contributed by atoms with van der Waals surface area (Å²) in [6.45, 7) is -0.246. The fraction of sp³-hybridized carbons (Fsp3) is 0.227. The number of hydrogen-bond acceptors (Lipinski definition) is 5. The van der Waals surface area contributed by atoms with Crippen LogP contribution in [0, 0.1) is 11.3 Å². The lowest BCUT2D eigenvalue weighted by molar-refractivity contribution is -0.141. The number of benzene rings is 1. The fourth-order valence-electron chi connectivity index (χ4n) is 3.73. The van der Waals surface area contributed by atoms with Gasteiger partial charge in [0.25, 0.3) is 5.56 Å². The summed E-state index contributed by atoms with van der Waals surface area (Å²) < 4.78 is 42.2. The van der Waals surface area contributed by atoms with E-state index < -0.39 is 41.1 Å². The average molecular weight is 455 g/mol. The number of nitrogens with zero attached hydrogens (tertiary/aromatic N) is 5. The number of nitriles is 1. The van der Waals surface area contributed by atoms with Crippen molar-refractivity contribution < 1.29 is 18.0 Å². The highest BCUT2D eigenvalue weighted by Gasteiger charge is 2.33. The lowest BCUT2D eigenvalue weighted by atomic mass is 10.1. The number of aryl methyl sites for hydroxylation is 2. The first-order valence-corrected chi connectivity index (χ1v) is 9.79. The van der Waals surface area contributed by atoms with Crippen LogP contribution in [0.15, 0.2) is 52.2 Å². The van der Waals surface area contributed by atoms with Gasteiger partial charge in [-0.05, 0) is 18.2 Å². The van der Waals surface area contributed by atoms with Gasteiger partial charge >= 0.3 is 11.9 Å². The molecule has 168 valence electrons. The Morgan fingerprint density at radius 3 is 2.55 bits per heavy atom. The molecule has 33 heavy (non-hydrogen) atoms. The molecule has 1 aromatic carbocycles. The Balaban J connectivity index is 1.80. The SMILES string of the molecule is Cn1c(=O)n(CC(=O)c2cn(CCC#N)c3ccccc23)c(=O)c2ccc(C(F)(F)F)nc21. The Morgan fingerprint density at radius 1 is 1.12 bits per heavy atom. The molecular formula is C22H16F3N5O3. The van der Waals surface area contributed by atoms with Crippen molar-refractivity contribution in [2.75, 3.05) is 0 Å². The number of carbonyl (C=O) groups is 1. The minimum Gasteiger partial charge on any atom is -0.346 e. The van der Waals surface area contributed by atoms with E-state index in [1.807, 2.05) is 6.07 Å². The predicted octanol–water partition coefficient (Wildman–Crippen LogP) is 2.87. The van der Waals surface area contributed by atoms with Gasteiger partial charge in [-0.15, -0.1) is 0 Å². The number of ketones is 1. The van der Waals surface area contributed by atoms with Crippen molar-refractivity contribution in [3.05, 3.63) is 74.7 Å². The summed E-state index contributed by atoms with van der Waals surface area (Å²) >= 11 is 0. The zero-order valence-corrected chi connectivity index (χ0v) is 17.3. The topological polar surface area (TPSA) is 103 Å². The molecule has 0 aliphatic carbocycles. The number of rotatable bonds is 5. The Morgan fingerprint density at radius 2 is 1.85 bits per heavy atom. The second-order valence-corrected chi connectivity index (χ2v) is 7.38. The van der Waals surface area contributed by atoms with Crippen LogP contribution in [-0.2, 0) is 26.3 Å². The van der Waals surface area contributed by atoms with Crippen LogP contribution in [0.3, 0.4) is 0 Å². The third-order valence-corrected chi connectivity index (χ3v) is 5.33. The van der Waals surface area contributed by atoms with Gasteiger partial charge in [0.2, 0.25) is 0 Å². The van der Waals surface area contributed by atoms with Gasteiger partial charge in [-0.1, -0.05) is 18.2 Å². The Kier molecular flexibility index (Phi) is 5.37. The van der Waals surface area contributed by atoms with Crippen molar-refractivity contribution in [3.63, 3.8) is 0 Å². The molecule has 0 atom stereocenters. The molecule has 0 bridgehead atoms. The van der Waals surface area contributed by atoms with E-state index in [1.165, 1.54) is 7.05 Å². The van der Waals surface area contributed by atoms with E-state index in [9.17, 15) is 27.6 Å². The molecule has 0 unspecified atom stereocenters. The second kappa shape index (κ2) is 8.05. The monoisotopic (exact) mass is 455 g/mol. The van der Waals surface area contributed by atoms with Gasteiger partial charge in [0.15, 0.2) is 5.78 Å². The lowest BCUT2D eigenvalue weighted by Crippen LogP contribution is -2.41. The van der Waals surface area contributed by atoms with Gasteiger partial charge in [-0.3, -0.25) is 18.7 Å². The predicted molar refractivity (Wildman–Crippen MR) is 113 cm³/mol. The average Bonchev–Trinajstić information content (AvgIpc) is 3.16. The minimum atomic E-state index is -4.74. The van der Waals surface area contributed by atoms with Crippen molar-refractivity contribution in [1.29, 1.82) is 5.26 Å². The van der Waals surface area contributed by atoms with Crippen LogP contribution in [0.2, 0.25) is 0 Å². The zero-order chi connectivity index (χ0) is 23.9. The van der Waals surface area contributed by atoms with Crippen LogP contribution < -0.4 is 11.2 Å². The minimum absolute atomic E-state index is 0.214. The van der Waals surface area contributed by atoms with Crippen molar-refractivity contribution in [3.8, 4) is 6.07 Å².